The summed E-state index contributed by atoms with van der Waals surface area (Å²) in [5.74, 6) is -0.193. The number of amides is 2. The van der Waals surface area contributed by atoms with Gasteiger partial charge in [0.05, 0.1) is 31.6 Å². The van der Waals surface area contributed by atoms with E-state index >= 15 is 0 Å². The number of ether oxygens (including phenoxy) is 1. The van der Waals surface area contributed by atoms with Crippen LogP contribution in [0.25, 0.3) is 0 Å². The Morgan fingerprint density at radius 2 is 2.00 bits per heavy atom. The van der Waals surface area contributed by atoms with Gasteiger partial charge in [0.25, 0.3) is 5.91 Å². The second kappa shape index (κ2) is 11.7. The lowest BCUT2D eigenvalue weighted by Gasteiger charge is -2.26. The molecule has 1 aliphatic heterocycles. The van der Waals surface area contributed by atoms with Gasteiger partial charge in [-0.05, 0) is 20.3 Å². The fraction of sp³-hybridized carbons (Fsp3) is 0.700. The molecule has 1 fully saturated rings. The predicted molar refractivity (Wildman–Crippen MR) is 106 cm³/mol. The molecule has 0 spiro atoms. The van der Waals surface area contributed by atoms with Crippen LogP contribution in [0.3, 0.4) is 0 Å². The van der Waals surface area contributed by atoms with E-state index in [-0.39, 0.29) is 17.9 Å². The molecule has 1 aromatic heterocycles. The molecule has 0 bridgehead atoms. The van der Waals surface area contributed by atoms with Crippen molar-refractivity contribution in [2.24, 2.45) is 0 Å². The Morgan fingerprint density at radius 3 is 2.64 bits per heavy atom. The molecule has 2 rings (SSSR count). The second-order valence-electron chi connectivity index (χ2n) is 7.43. The van der Waals surface area contributed by atoms with Crippen LogP contribution in [-0.4, -0.2) is 78.7 Å². The number of carbonyl (C=O) groups is 2. The van der Waals surface area contributed by atoms with Crippen molar-refractivity contribution in [3.8, 4) is 0 Å². The van der Waals surface area contributed by atoms with Crippen LogP contribution < -0.4 is 10.2 Å². The number of morpholine rings is 1. The molecule has 156 valence electrons. The SMILES string of the molecule is CC[C@H](C)NC(=O)CCN(CCC[NH+]1CCOCC1)C(=O)c1cnc(C)cn1. The highest BCUT2D eigenvalue weighted by atomic mass is 16.5. The van der Waals surface area contributed by atoms with Crippen molar-refractivity contribution in [2.45, 2.75) is 46.1 Å². The van der Waals surface area contributed by atoms with E-state index in [1.807, 2.05) is 20.8 Å². The van der Waals surface area contributed by atoms with Crippen molar-refractivity contribution < 1.29 is 19.2 Å². The van der Waals surface area contributed by atoms with Crippen molar-refractivity contribution in [2.75, 3.05) is 45.9 Å². The Hall–Kier alpha value is -2.06. The maximum Gasteiger partial charge on any atom is 0.274 e. The molecule has 2 amide bonds. The van der Waals surface area contributed by atoms with Crippen LogP contribution in [0.1, 0.15) is 49.3 Å². The fourth-order valence-electron chi connectivity index (χ4n) is 3.10. The van der Waals surface area contributed by atoms with Crippen molar-refractivity contribution in [1.82, 2.24) is 20.2 Å². The quantitative estimate of drug-likeness (QED) is 0.578. The van der Waals surface area contributed by atoms with Gasteiger partial charge >= 0.3 is 0 Å². The maximum absolute atomic E-state index is 12.9. The molecule has 0 unspecified atom stereocenters. The van der Waals surface area contributed by atoms with Gasteiger partial charge < -0.3 is 19.9 Å². The smallest absolute Gasteiger partial charge is 0.274 e. The number of aryl methyl sites for hydroxylation is 1. The van der Waals surface area contributed by atoms with E-state index in [0.717, 1.165) is 51.4 Å². The first-order valence-corrected chi connectivity index (χ1v) is 10.3. The number of nitrogens with zero attached hydrogens (tertiary/aromatic N) is 3. The average Bonchev–Trinajstić information content (AvgIpc) is 2.71. The Kier molecular flexibility index (Phi) is 9.30. The number of rotatable bonds is 10. The van der Waals surface area contributed by atoms with Gasteiger partial charge in [-0.2, -0.15) is 0 Å². The zero-order chi connectivity index (χ0) is 20.4. The van der Waals surface area contributed by atoms with Gasteiger partial charge in [-0.3, -0.25) is 14.6 Å². The minimum atomic E-state index is -0.166. The molecular weight excluding hydrogens is 358 g/mol. The topological polar surface area (TPSA) is 88.9 Å². The van der Waals surface area contributed by atoms with Gasteiger partial charge in [0.1, 0.15) is 18.8 Å². The zero-order valence-electron chi connectivity index (χ0n) is 17.4. The Morgan fingerprint density at radius 1 is 1.25 bits per heavy atom. The van der Waals surface area contributed by atoms with Gasteiger partial charge in [-0.15, -0.1) is 0 Å². The van der Waals surface area contributed by atoms with Crippen LogP contribution >= 0.6 is 0 Å². The monoisotopic (exact) mass is 392 g/mol. The first-order chi connectivity index (χ1) is 13.5. The molecule has 8 nitrogen and oxygen atoms in total. The number of carbonyl (C=O) groups excluding carboxylic acids is 2. The number of nitrogens with one attached hydrogen (secondary N) is 2. The number of quaternary nitrogens is 1. The van der Waals surface area contributed by atoms with Gasteiger partial charge in [0.2, 0.25) is 5.91 Å². The predicted octanol–water partition coefficient (Wildman–Crippen LogP) is -0.163. The molecule has 0 aromatic carbocycles. The average molecular weight is 393 g/mol. The summed E-state index contributed by atoms with van der Waals surface area (Å²) < 4.78 is 5.39. The van der Waals surface area contributed by atoms with E-state index in [4.69, 9.17) is 4.74 Å². The summed E-state index contributed by atoms with van der Waals surface area (Å²) in [6.45, 7) is 11.4. The van der Waals surface area contributed by atoms with E-state index in [1.165, 1.54) is 11.1 Å². The molecule has 28 heavy (non-hydrogen) atoms. The molecule has 1 aliphatic rings. The fourth-order valence-corrected chi connectivity index (χ4v) is 3.10. The summed E-state index contributed by atoms with van der Waals surface area (Å²) in [6.07, 6.45) is 5.17. The van der Waals surface area contributed by atoms with Gasteiger partial charge in [-0.25, -0.2) is 4.98 Å². The molecule has 0 aliphatic carbocycles. The molecule has 2 N–H and O–H groups in total. The largest absolute Gasteiger partial charge is 0.370 e. The summed E-state index contributed by atoms with van der Waals surface area (Å²) in [6, 6.07) is 0.143. The van der Waals surface area contributed by atoms with Crippen LogP contribution in [0.15, 0.2) is 12.4 Å². The summed E-state index contributed by atoms with van der Waals surface area (Å²) in [5, 5.41) is 2.96. The molecule has 8 heteroatoms. The lowest BCUT2D eigenvalue weighted by Crippen LogP contribution is -3.14. The lowest BCUT2D eigenvalue weighted by atomic mass is 10.2. The van der Waals surface area contributed by atoms with E-state index in [2.05, 4.69) is 15.3 Å². The van der Waals surface area contributed by atoms with Crippen LogP contribution in [0.5, 0.6) is 0 Å². The molecule has 2 heterocycles. The Labute approximate surface area is 167 Å². The molecule has 1 atom stereocenters. The Balaban J connectivity index is 1.92. The zero-order valence-corrected chi connectivity index (χ0v) is 17.4. The Bertz CT molecular complexity index is 617. The molecule has 0 saturated carbocycles. The third-order valence-corrected chi connectivity index (χ3v) is 5.07. The van der Waals surface area contributed by atoms with Crippen molar-refractivity contribution in [3.05, 3.63) is 23.8 Å². The first-order valence-electron chi connectivity index (χ1n) is 10.3. The molecular formula is C20H34N5O3+. The van der Waals surface area contributed by atoms with Crippen LogP contribution in [-0.2, 0) is 9.53 Å². The van der Waals surface area contributed by atoms with Crippen LogP contribution in [0, 0.1) is 6.92 Å². The summed E-state index contributed by atoms with van der Waals surface area (Å²) >= 11 is 0. The summed E-state index contributed by atoms with van der Waals surface area (Å²) in [4.78, 5) is 36.7. The van der Waals surface area contributed by atoms with E-state index < -0.39 is 0 Å². The van der Waals surface area contributed by atoms with E-state index in [0.29, 0.717) is 25.2 Å². The second-order valence-corrected chi connectivity index (χ2v) is 7.43. The normalized spacial score (nSPS) is 15.8. The number of hydrogen-bond donors (Lipinski definition) is 2. The third-order valence-electron chi connectivity index (χ3n) is 5.07. The van der Waals surface area contributed by atoms with Gasteiger partial charge in [0.15, 0.2) is 0 Å². The minimum absolute atomic E-state index is 0.0269. The van der Waals surface area contributed by atoms with Crippen molar-refractivity contribution in [3.63, 3.8) is 0 Å². The maximum atomic E-state index is 12.9. The first kappa shape index (κ1) is 22.2. The lowest BCUT2D eigenvalue weighted by molar-refractivity contribution is -0.908. The molecule has 1 aromatic rings. The number of aromatic nitrogens is 2. The minimum Gasteiger partial charge on any atom is -0.370 e. The van der Waals surface area contributed by atoms with Gasteiger partial charge in [0, 0.05) is 38.2 Å². The highest BCUT2D eigenvalue weighted by molar-refractivity contribution is 5.92. The van der Waals surface area contributed by atoms with E-state index in [1.54, 1.807) is 11.1 Å². The van der Waals surface area contributed by atoms with Crippen LogP contribution in [0.2, 0.25) is 0 Å². The van der Waals surface area contributed by atoms with E-state index in [9.17, 15) is 9.59 Å². The van der Waals surface area contributed by atoms with Crippen molar-refractivity contribution >= 4 is 11.8 Å². The highest BCUT2D eigenvalue weighted by Gasteiger charge is 2.20. The molecule has 0 radical (unpaired) electrons. The van der Waals surface area contributed by atoms with Crippen molar-refractivity contribution in [1.29, 1.82) is 0 Å². The summed E-state index contributed by atoms with van der Waals surface area (Å²) in [5.41, 5.74) is 1.10. The number of hydrogen-bond acceptors (Lipinski definition) is 5. The highest BCUT2D eigenvalue weighted by Crippen LogP contribution is 2.04. The van der Waals surface area contributed by atoms with Gasteiger partial charge in [-0.1, -0.05) is 6.92 Å². The molecule has 1 saturated heterocycles. The standard InChI is InChI=1S/C20H33N5O3/c1-4-16(2)23-19(26)6-9-25(8-5-7-24-10-12-28-13-11-24)20(27)18-15-21-17(3)14-22-18/h14-16H,4-13H2,1-3H3,(H,23,26)/p+1/t16-/m0/s1. The summed E-state index contributed by atoms with van der Waals surface area (Å²) in [7, 11) is 0. The van der Waals surface area contributed by atoms with Crippen LogP contribution in [0.4, 0.5) is 0 Å². The third kappa shape index (κ3) is 7.52.